The smallest absolute Gasteiger partial charge is 0.258 e. The van der Waals surface area contributed by atoms with Crippen LogP contribution >= 0.6 is 11.8 Å². The second-order valence-corrected chi connectivity index (χ2v) is 7.61. The third-order valence-electron chi connectivity index (χ3n) is 4.25. The molecule has 0 heterocycles. The summed E-state index contributed by atoms with van der Waals surface area (Å²) in [4.78, 5) is 20.8. The molecule has 2 aromatic rings. The Hall–Kier alpha value is -2.41. The van der Waals surface area contributed by atoms with E-state index in [0.717, 1.165) is 61.2 Å². The van der Waals surface area contributed by atoms with Gasteiger partial charge in [-0.3, -0.25) is 20.2 Å². The van der Waals surface area contributed by atoms with E-state index in [1.807, 2.05) is 23.9 Å². The fraction of sp³-hybridized carbons (Fsp3) is 0.400. The number of non-ortho nitro benzene ring substituents is 2. The summed E-state index contributed by atoms with van der Waals surface area (Å²) in [6, 6.07) is 13.7. The molecule has 144 valence electrons. The van der Waals surface area contributed by atoms with Crippen molar-refractivity contribution in [1.82, 2.24) is 0 Å². The first kappa shape index (κ1) is 20.9. The molecule has 27 heavy (non-hydrogen) atoms. The first-order valence-electron chi connectivity index (χ1n) is 9.10. The molecule has 2 aromatic carbocycles. The van der Waals surface area contributed by atoms with Crippen LogP contribution < -0.4 is 0 Å². The maximum Gasteiger partial charge on any atom is 0.269 e. The first-order valence-corrected chi connectivity index (χ1v) is 10.3. The Morgan fingerprint density at radius 1 is 0.704 bits per heavy atom. The van der Waals surface area contributed by atoms with Gasteiger partial charge in [-0.05, 0) is 61.2 Å². The number of nitro benzene ring substituents is 2. The van der Waals surface area contributed by atoms with E-state index in [4.69, 9.17) is 0 Å². The predicted molar refractivity (Wildman–Crippen MR) is 109 cm³/mol. The summed E-state index contributed by atoms with van der Waals surface area (Å²) in [5.41, 5.74) is 2.36. The van der Waals surface area contributed by atoms with E-state index in [-0.39, 0.29) is 21.2 Å². The van der Waals surface area contributed by atoms with E-state index in [1.54, 1.807) is 24.3 Å². The van der Waals surface area contributed by atoms with Crippen LogP contribution in [0.5, 0.6) is 0 Å². The standard InChI is InChI=1S/C20H24N2O4S/c23-21(24)19-11-5-9-17(15-19)7-1-3-13-27-14-4-2-8-18-10-6-12-20(16-18)22(25)26/h5-6,9-12,15-16H,1-4,7-8,13-14H2. The second-order valence-electron chi connectivity index (χ2n) is 6.38. The highest BCUT2D eigenvalue weighted by Gasteiger charge is 2.06. The Morgan fingerprint density at radius 3 is 1.56 bits per heavy atom. The van der Waals surface area contributed by atoms with Crippen molar-refractivity contribution in [2.24, 2.45) is 0 Å². The SMILES string of the molecule is O=[N+]([O-])c1cccc(CCCCSCCCCc2cccc([N+](=O)[O-])c2)c1. The molecule has 0 saturated heterocycles. The summed E-state index contributed by atoms with van der Waals surface area (Å²) in [5, 5.41) is 21.5. The van der Waals surface area contributed by atoms with E-state index in [0.29, 0.717) is 0 Å². The predicted octanol–water partition coefficient (Wildman–Crippen LogP) is 5.58. The van der Waals surface area contributed by atoms with Crippen molar-refractivity contribution in [3.05, 3.63) is 79.9 Å². The lowest BCUT2D eigenvalue weighted by molar-refractivity contribution is -0.385. The highest BCUT2D eigenvalue weighted by molar-refractivity contribution is 7.99. The monoisotopic (exact) mass is 388 g/mol. The van der Waals surface area contributed by atoms with Crippen LogP contribution in [0.15, 0.2) is 48.5 Å². The lowest BCUT2D eigenvalue weighted by atomic mass is 10.1. The number of benzene rings is 2. The summed E-state index contributed by atoms with van der Waals surface area (Å²) in [7, 11) is 0. The number of hydrogen-bond donors (Lipinski definition) is 0. The molecule has 0 aliphatic rings. The Bertz CT molecular complexity index is 704. The van der Waals surface area contributed by atoms with Gasteiger partial charge >= 0.3 is 0 Å². The molecule has 0 radical (unpaired) electrons. The minimum atomic E-state index is -0.354. The first-order chi connectivity index (χ1) is 13.1. The number of nitro groups is 2. The maximum atomic E-state index is 10.8. The summed E-state index contributed by atoms with van der Waals surface area (Å²) in [5.74, 6) is 2.18. The van der Waals surface area contributed by atoms with E-state index < -0.39 is 0 Å². The molecule has 0 amide bonds. The minimum Gasteiger partial charge on any atom is -0.258 e. The number of unbranched alkanes of at least 4 members (excludes halogenated alkanes) is 2. The van der Waals surface area contributed by atoms with Gasteiger partial charge in [-0.2, -0.15) is 11.8 Å². The van der Waals surface area contributed by atoms with E-state index in [2.05, 4.69) is 0 Å². The summed E-state index contributed by atoms with van der Waals surface area (Å²) in [6.45, 7) is 0. The molecule has 6 nitrogen and oxygen atoms in total. The minimum absolute atomic E-state index is 0.158. The number of nitrogens with zero attached hydrogens (tertiary/aromatic N) is 2. The van der Waals surface area contributed by atoms with E-state index in [9.17, 15) is 20.2 Å². The van der Waals surface area contributed by atoms with Crippen molar-refractivity contribution in [3.63, 3.8) is 0 Å². The molecule has 0 bridgehead atoms. The lowest BCUT2D eigenvalue weighted by Gasteiger charge is -2.04. The third-order valence-corrected chi connectivity index (χ3v) is 5.41. The van der Waals surface area contributed by atoms with Crippen molar-refractivity contribution in [3.8, 4) is 0 Å². The summed E-state index contributed by atoms with van der Waals surface area (Å²) < 4.78 is 0. The van der Waals surface area contributed by atoms with Crippen LogP contribution in [-0.4, -0.2) is 21.4 Å². The molecule has 0 N–H and O–H groups in total. The Balaban J connectivity index is 1.53. The number of hydrogen-bond acceptors (Lipinski definition) is 5. The molecule has 7 heteroatoms. The lowest BCUT2D eigenvalue weighted by Crippen LogP contribution is -1.93. The van der Waals surface area contributed by atoms with Gasteiger partial charge < -0.3 is 0 Å². The van der Waals surface area contributed by atoms with Crippen LogP contribution in [0.2, 0.25) is 0 Å². The number of aryl methyl sites for hydroxylation is 2. The van der Waals surface area contributed by atoms with Crippen LogP contribution in [-0.2, 0) is 12.8 Å². The van der Waals surface area contributed by atoms with Gasteiger partial charge in [0.1, 0.15) is 0 Å². The van der Waals surface area contributed by atoms with Crippen molar-refractivity contribution in [2.45, 2.75) is 38.5 Å². The summed E-state index contributed by atoms with van der Waals surface area (Å²) >= 11 is 1.92. The molecule has 0 aliphatic carbocycles. The molecule has 0 fully saturated rings. The van der Waals surface area contributed by atoms with Gasteiger partial charge in [-0.25, -0.2) is 0 Å². The maximum absolute atomic E-state index is 10.8. The van der Waals surface area contributed by atoms with Crippen LogP contribution in [0.4, 0.5) is 11.4 Å². The van der Waals surface area contributed by atoms with Crippen LogP contribution in [0.1, 0.15) is 36.8 Å². The Morgan fingerprint density at radius 2 is 1.15 bits per heavy atom. The topological polar surface area (TPSA) is 86.3 Å². The van der Waals surface area contributed by atoms with Gasteiger partial charge in [0.05, 0.1) is 9.85 Å². The van der Waals surface area contributed by atoms with Crippen LogP contribution in [0, 0.1) is 20.2 Å². The van der Waals surface area contributed by atoms with Gasteiger partial charge in [0.25, 0.3) is 11.4 Å². The largest absolute Gasteiger partial charge is 0.269 e. The summed E-state index contributed by atoms with van der Waals surface area (Å²) in [6.07, 6.45) is 5.99. The Kier molecular flexibility index (Phi) is 8.77. The zero-order chi connectivity index (χ0) is 19.5. The van der Waals surface area contributed by atoms with Crippen LogP contribution in [0.3, 0.4) is 0 Å². The molecular weight excluding hydrogens is 364 g/mol. The quantitative estimate of drug-likeness (QED) is 0.269. The molecular formula is C20H24N2O4S. The molecule has 0 saturated carbocycles. The van der Waals surface area contributed by atoms with Crippen molar-refractivity contribution < 1.29 is 9.85 Å². The normalized spacial score (nSPS) is 10.7. The fourth-order valence-corrected chi connectivity index (χ4v) is 3.84. The van der Waals surface area contributed by atoms with E-state index >= 15 is 0 Å². The Labute approximate surface area is 163 Å². The van der Waals surface area contributed by atoms with Gasteiger partial charge in [-0.15, -0.1) is 0 Å². The van der Waals surface area contributed by atoms with Crippen LogP contribution in [0.25, 0.3) is 0 Å². The molecule has 0 atom stereocenters. The third kappa shape index (κ3) is 7.78. The average Bonchev–Trinajstić information content (AvgIpc) is 2.67. The van der Waals surface area contributed by atoms with Crippen molar-refractivity contribution >= 4 is 23.1 Å². The van der Waals surface area contributed by atoms with Gasteiger partial charge in [0, 0.05) is 24.3 Å². The molecule has 0 aliphatic heterocycles. The van der Waals surface area contributed by atoms with Crippen molar-refractivity contribution in [1.29, 1.82) is 0 Å². The van der Waals surface area contributed by atoms with Gasteiger partial charge in [-0.1, -0.05) is 24.3 Å². The van der Waals surface area contributed by atoms with Gasteiger partial charge in [0.2, 0.25) is 0 Å². The molecule has 0 unspecified atom stereocenters. The molecule has 2 rings (SSSR count). The van der Waals surface area contributed by atoms with Gasteiger partial charge in [0.15, 0.2) is 0 Å². The zero-order valence-corrected chi connectivity index (χ0v) is 16.0. The second kappa shape index (κ2) is 11.3. The average molecular weight is 388 g/mol. The zero-order valence-electron chi connectivity index (χ0n) is 15.2. The number of rotatable bonds is 12. The molecule has 0 spiro atoms. The highest BCUT2D eigenvalue weighted by Crippen LogP contribution is 2.17. The van der Waals surface area contributed by atoms with E-state index in [1.165, 1.54) is 12.1 Å². The fourth-order valence-electron chi connectivity index (χ4n) is 2.82. The molecule has 0 aromatic heterocycles. The highest BCUT2D eigenvalue weighted by atomic mass is 32.2. The van der Waals surface area contributed by atoms with Crippen molar-refractivity contribution in [2.75, 3.05) is 11.5 Å². The number of thioether (sulfide) groups is 1.